The van der Waals surface area contributed by atoms with E-state index in [9.17, 15) is 22.8 Å². The van der Waals surface area contributed by atoms with E-state index in [0.717, 1.165) is 49.9 Å². The molecule has 11 heteroatoms. The normalized spacial score (nSPS) is 20.5. The van der Waals surface area contributed by atoms with Gasteiger partial charge in [0, 0.05) is 30.4 Å². The number of hydrogen-bond acceptors (Lipinski definition) is 4. The maximum Gasteiger partial charge on any atom is 0.416 e. The first kappa shape index (κ1) is 29.2. The minimum Gasteiger partial charge on any atom is -0.355 e. The highest BCUT2D eigenvalue weighted by Gasteiger charge is 2.41. The Kier molecular flexibility index (Phi) is 8.77. The third-order valence-corrected chi connectivity index (χ3v) is 8.39. The molecule has 2 atom stereocenters. The molecule has 0 spiro atoms. The Labute approximate surface area is 246 Å². The average Bonchev–Trinajstić information content (AvgIpc) is 3.16. The van der Waals surface area contributed by atoms with Crippen molar-refractivity contribution in [1.29, 1.82) is 0 Å². The van der Waals surface area contributed by atoms with Crippen LogP contribution in [0.2, 0.25) is 10.0 Å². The van der Waals surface area contributed by atoms with Crippen molar-refractivity contribution in [2.75, 3.05) is 11.9 Å². The van der Waals surface area contributed by atoms with Gasteiger partial charge >= 0.3 is 6.18 Å². The lowest BCUT2D eigenvalue weighted by molar-refractivity contribution is -0.137. The number of anilines is 2. The number of amides is 2. The molecule has 2 aliphatic rings. The predicted octanol–water partition coefficient (Wildman–Crippen LogP) is 6.80. The average molecular weight is 605 g/mol. The number of alkyl halides is 3. The van der Waals surface area contributed by atoms with E-state index in [1.165, 1.54) is 12.1 Å². The van der Waals surface area contributed by atoms with Crippen LogP contribution in [-0.4, -0.2) is 41.4 Å². The molecule has 2 unspecified atom stereocenters. The summed E-state index contributed by atoms with van der Waals surface area (Å²) in [6, 6.07) is 17.6. The largest absolute Gasteiger partial charge is 0.416 e. The molecule has 216 valence electrons. The Balaban J connectivity index is 1.14. The van der Waals surface area contributed by atoms with Gasteiger partial charge in [-0.15, -0.1) is 0 Å². The molecule has 0 saturated carbocycles. The number of fused-ring (bicyclic) bond motifs is 2. The minimum absolute atomic E-state index is 0.0109. The Morgan fingerprint density at radius 2 is 1.63 bits per heavy atom. The molecule has 3 aromatic carbocycles. The van der Waals surface area contributed by atoms with Crippen LogP contribution in [0.5, 0.6) is 0 Å². The van der Waals surface area contributed by atoms with Crippen LogP contribution < -0.4 is 16.0 Å². The molecule has 3 N–H and O–H groups in total. The van der Waals surface area contributed by atoms with Crippen molar-refractivity contribution in [2.24, 2.45) is 0 Å². The number of halogens is 5. The van der Waals surface area contributed by atoms with Gasteiger partial charge in [-0.3, -0.25) is 14.5 Å². The fraction of sp³-hybridized carbons (Fsp3) is 0.333. The van der Waals surface area contributed by atoms with E-state index in [0.29, 0.717) is 27.8 Å². The van der Waals surface area contributed by atoms with Gasteiger partial charge in [0.2, 0.25) is 5.91 Å². The Morgan fingerprint density at radius 3 is 2.34 bits per heavy atom. The highest BCUT2D eigenvalue weighted by Crippen LogP contribution is 2.37. The van der Waals surface area contributed by atoms with Crippen molar-refractivity contribution < 1.29 is 22.8 Å². The van der Waals surface area contributed by atoms with Gasteiger partial charge in [0.15, 0.2) is 0 Å². The maximum absolute atomic E-state index is 13.1. The van der Waals surface area contributed by atoms with Crippen LogP contribution in [0.4, 0.5) is 24.5 Å². The van der Waals surface area contributed by atoms with E-state index in [1.54, 1.807) is 24.3 Å². The van der Waals surface area contributed by atoms with Crippen LogP contribution in [0.25, 0.3) is 0 Å². The smallest absolute Gasteiger partial charge is 0.355 e. The monoisotopic (exact) mass is 604 g/mol. The summed E-state index contributed by atoms with van der Waals surface area (Å²) in [5.74, 6) is -0.796. The molecule has 41 heavy (non-hydrogen) atoms. The molecular formula is C30H29Cl2F3N4O2. The summed E-state index contributed by atoms with van der Waals surface area (Å²) in [5.41, 5.74) is 1.04. The summed E-state index contributed by atoms with van der Waals surface area (Å²) in [6.45, 7) is 0.562. The Hall–Kier alpha value is -3.27. The van der Waals surface area contributed by atoms with E-state index in [2.05, 4.69) is 20.9 Å². The zero-order valence-electron chi connectivity index (χ0n) is 22.0. The molecule has 2 saturated heterocycles. The molecule has 0 aromatic heterocycles. The SMILES string of the molecule is O=C(CNC(=O)c1ccccc1Nc1cccc(C(F)(F)F)c1)NC1CC2CCC(C1)N2Cc1ccc(Cl)c(Cl)c1. The Bertz CT molecular complexity index is 1420. The van der Waals surface area contributed by atoms with Crippen LogP contribution in [0, 0.1) is 0 Å². The summed E-state index contributed by atoms with van der Waals surface area (Å²) in [5, 5.41) is 9.65. The molecule has 3 aromatic rings. The number of piperidine rings is 1. The quantitative estimate of drug-likeness (QED) is 0.264. The van der Waals surface area contributed by atoms with Crippen molar-refractivity contribution in [3.63, 3.8) is 0 Å². The van der Waals surface area contributed by atoms with Crippen LogP contribution in [-0.2, 0) is 17.5 Å². The second-order valence-electron chi connectivity index (χ2n) is 10.5. The number of nitrogens with zero attached hydrogens (tertiary/aromatic N) is 1. The lowest BCUT2D eigenvalue weighted by Crippen LogP contribution is -2.51. The van der Waals surface area contributed by atoms with Gasteiger partial charge in [0.05, 0.1) is 33.4 Å². The molecule has 2 fully saturated rings. The van der Waals surface area contributed by atoms with Gasteiger partial charge in [-0.05, 0) is 73.7 Å². The lowest BCUT2D eigenvalue weighted by Gasteiger charge is -2.39. The van der Waals surface area contributed by atoms with Gasteiger partial charge in [0.1, 0.15) is 0 Å². The maximum atomic E-state index is 13.1. The molecule has 2 amide bonds. The summed E-state index contributed by atoms with van der Waals surface area (Å²) < 4.78 is 39.3. The summed E-state index contributed by atoms with van der Waals surface area (Å²) >= 11 is 12.2. The lowest BCUT2D eigenvalue weighted by atomic mass is 9.96. The topological polar surface area (TPSA) is 73.5 Å². The van der Waals surface area contributed by atoms with Crippen molar-refractivity contribution in [2.45, 2.75) is 56.5 Å². The zero-order valence-corrected chi connectivity index (χ0v) is 23.5. The van der Waals surface area contributed by atoms with E-state index in [-0.39, 0.29) is 29.7 Å². The first-order chi connectivity index (χ1) is 19.6. The second kappa shape index (κ2) is 12.3. The van der Waals surface area contributed by atoms with Crippen LogP contribution in [0.1, 0.15) is 47.2 Å². The van der Waals surface area contributed by atoms with Gasteiger partial charge in [-0.25, -0.2) is 0 Å². The van der Waals surface area contributed by atoms with Crippen molar-refractivity contribution >= 4 is 46.4 Å². The number of carbonyl (C=O) groups is 2. The minimum atomic E-state index is -4.48. The molecule has 5 rings (SSSR count). The molecule has 6 nitrogen and oxygen atoms in total. The molecule has 0 radical (unpaired) electrons. The van der Waals surface area contributed by atoms with Crippen molar-refractivity contribution in [3.8, 4) is 0 Å². The number of nitrogens with one attached hydrogen (secondary N) is 3. The molecule has 2 heterocycles. The van der Waals surface area contributed by atoms with Gasteiger partial charge < -0.3 is 16.0 Å². The van der Waals surface area contributed by atoms with Crippen molar-refractivity contribution in [1.82, 2.24) is 15.5 Å². The first-order valence-electron chi connectivity index (χ1n) is 13.4. The summed E-state index contributed by atoms with van der Waals surface area (Å²) in [7, 11) is 0. The number of para-hydroxylation sites is 1. The molecule has 2 aliphatic heterocycles. The van der Waals surface area contributed by atoms with E-state index in [4.69, 9.17) is 23.2 Å². The highest BCUT2D eigenvalue weighted by molar-refractivity contribution is 6.42. The predicted molar refractivity (Wildman–Crippen MR) is 153 cm³/mol. The molecular weight excluding hydrogens is 576 g/mol. The number of hydrogen-bond donors (Lipinski definition) is 3. The Morgan fingerprint density at radius 1 is 0.902 bits per heavy atom. The standard InChI is InChI=1S/C30H29Cl2F3N4O2/c31-25-11-8-18(12-26(25)32)17-39-22-9-10-23(39)15-21(14-22)38-28(40)16-36-29(41)24-6-1-2-7-27(24)37-20-5-3-4-19(13-20)30(33,34)35/h1-8,11-13,21-23,37H,9-10,14-17H2,(H,36,41)(H,38,40). The number of benzene rings is 3. The molecule has 2 bridgehead atoms. The van der Waals surface area contributed by atoms with Crippen LogP contribution in [0.15, 0.2) is 66.7 Å². The second-order valence-corrected chi connectivity index (χ2v) is 11.3. The summed E-state index contributed by atoms with van der Waals surface area (Å²) in [4.78, 5) is 28.1. The van der Waals surface area contributed by atoms with Crippen LogP contribution in [0.3, 0.4) is 0 Å². The van der Waals surface area contributed by atoms with E-state index in [1.807, 2.05) is 18.2 Å². The van der Waals surface area contributed by atoms with E-state index < -0.39 is 17.6 Å². The fourth-order valence-corrected chi connectivity index (χ4v) is 6.07. The summed E-state index contributed by atoms with van der Waals surface area (Å²) in [6.07, 6.45) is -0.721. The fourth-order valence-electron chi connectivity index (χ4n) is 5.75. The molecule has 0 aliphatic carbocycles. The van der Waals surface area contributed by atoms with Gasteiger partial charge in [-0.1, -0.05) is 47.5 Å². The number of rotatable bonds is 8. The van der Waals surface area contributed by atoms with Crippen LogP contribution >= 0.6 is 23.2 Å². The van der Waals surface area contributed by atoms with E-state index >= 15 is 0 Å². The third kappa shape index (κ3) is 7.15. The number of carbonyl (C=O) groups excluding carboxylic acids is 2. The van der Waals surface area contributed by atoms with Gasteiger partial charge in [0.25, 0.3) is 5.91 Å². The highest BCUT2D eigenvalue weighted by atomic mass is 35.5. The zero-order chi connectivity index (χ0) is 29.1. The third-order valence-electron chi connectivity index (χ3n) is 7.65. The van der Waals surface area contributed by atoms with Gasteiger partial charge in [-0.2, -0.15) is 13.2 Å². The van der Waals surface area contributed by atoms with Crippen molar-refractivity contribution in [3.05, 3.63) is 93.5 Å². The first-order valence-corrected chi connectivity index (χ1v) is 14.1.